The molecule has 1 atom stereocenters. The minimum atomic E-state index is -0.758. The molecule has 1 saturated heterocycles. The fourth-order valence-corrected chi connectivity index (χ4v) is 5.51. The molecule has 1 aliphatic heterocycles. The number of carbonyl (C=O) groups is 3. The molecule has 3 fully saturated rings. The number of ether oxygens (including phenoxy) is 1. The predicted molar refractivity (Wildman–Crippen MR) is 151 cm³/mol. The average Bonchev–Trinajstić information content (AvgIpc) is 3.90. The molecule has 2 aromatic carbocycles. The highest BCUT2D eigenvalue weighted by atomic mass is 16.5. The maximum Gasteiger partial charge on any atom is 0.309 e. The first-order chi connectivity index (χ1) is 19.9. The summed E-state index contributed by atoms with van der Waals surface area (Å²) in [5.74, 6) is -0.883. The SMILES string of the molecule is [C-]#[N+]N1CC[C@@H](CNC(=O)C(=O)NCc2ccccc2C(=O)NC2(c3cc(OC)c4nn(C5CC5)cc4c3)CC2)C1. The molecule has 2 aliphatic carbocycles. The van der Waals surface area contributed by atoms with Gasteiger partial charge in [0.15, 0.2) is 0 Å². The summed E-state index contributed by atoms with van der Waals surface area (Å²) in [7, 11) is 1.63. The van der Waals surface area contributed by atoms with Gasteiger partial charge in [0.1, 0.15) is 11.3 Å². The topological polar surface area (TPSA) is 122 Å². The van der Waals surface area contributed by atoms with E-state index in [0.717, 1.165) is 48.6 Å². The van der Waals surface area contributed by atoms with Gasteiger partial charge in [-0.3, -0.25) is 19.1 Å². The molecular weight excluding hydrogens is 522 g/mol. The zero-order valence-corrected chi connectivity index (χ0v) is 23.0. The smallest absolute Gasteiger partial charge is 0.309 e. The van der Waals surface area contributed by atoms with Gasteiger partial charge in [-0.15, -0.1) is 5.01 Å². The zero-order valence-electron chi connectivity index (χ0n) is 23.0. The van der Waals surface area contributed by atoms with E-state index in [1.54, 1.807) is 36.4 Å². The fraction of sp³-hybridized carbons (Fsp3) is 0.433. The van der Waals surface area contributed by atoms with E-state index in [9.17, 15) is 14.4 Å². The lowest BCUT2D eigenvalue weighted by Crippen LogP contribution is -2.42. The predicted octanol–water partition coefficient (Wildman–Crippen LogP) is 2.69. The summed E-state index contributed by atoms with van der Waals surface area (Å²) in [4.78, 5) is 41.7. The molecule has 0 bridgehead atoms. The maximum absolute atomic E-state index is 13.5. The Balaban J connectivity index is 1.10. The van der Waals surface area contributed by atoms with Crippen LogP contribution in [0.1, 0.15) is 59.6 Å². The Hall–Kier alpha value is -4.59. The minimum absolute atomic E-state index is 0.0396. The number of hydrogen-bond donors (Lipinski definition) is 3. The number of nitrogens with one attached hydrogen (secondary N) is 3. The first-order valence-corrected chi connectivity index (χ1v) is 14.1. The maximum atomic E-state index is 13.5. The van der Waals surface area contributed by atoms with Crippen molar-refractivity contribution in [1.29, 1.82) is 0 Å². The van der Waals surface area contributed by atoms with Gasteiger partial charge in [-0.05, 0) is 61.4 Å². The van der Waals surface area contributed by atoms with E-state index in [4.69, 9.17) is 16.4 Å². The third-order valence-corrected chi connectivity index (χ3v) is 8.25. The quantitative estimate of drug-likeness (QED) is 0.276. The molecule has 11 heteroatoms. The molecular formula is C30H33N7O4. The molecule has 6 rings (SSSR count). The minimum Gasteiger partial charge on any atom is -0.494 e. The van der Waals surface area contributed by atoms with E-state index < -0.39 is 17.4 Å². The van der Waals surface area contributed by atoms with E-state index >= 15 is 0 Å². The Morgan fingerprint density at radius 1 is 1.12 bits per heavy atom. The van der Waals surface area contributed by atoms with Crippen molar-refractivity contribution in [2.24, 2.45) is 5.92 Å². The zero-order chi connectivity index (χ0) is 28.6. The van der Waals surface area contributed by atoms with Crippen molar-refractivity contribution in [2.75, 3.05) is 26.7 Å². The summed E-state index contributed by atoms with van der Waals surface area (Å²) in [6, 6.07) is 11.6. The van der Waals surface area contributed by atoms with Gasteiger partial charge in [-0.25, -0.2) is 0 Å². The third-order valence-electron chi connectivity index (χ3n) is 8.25. The lowest BCUT2D eigenvalue weighted by atomic mass is 10.0. The van der Waals surface area contributed by atoms with Crippen LogP contribution < -0.4 is 20.7 Å². The molecule has 3 N–H and O–H groups in total. The Kier molecular flexibility index (Phi) is 6.99. The van der Waals surface area contributed by atoms with Crippen molar-refractivity contribution in [2.45, 2.75) is 50.2 Å². The van der Waals surface area contributed by atoms with Crippen LogP contribution in [0, 0.1) is 12.5 Å². The van der Waals surface area contributed by atoms with Crippen LogP contribution in [0.4, 0.5) is 0 Å². The summed E-state index contributed by atoms with van der Waals surface area (Å²) >= 11 is 0. The largest absolute Gasteiger partial charge is 0.494 e. The molecule has 3 aromatic rings. The van der Waals surface area contributed by atoms with Crippen LogP contribution in [0.25, 0.3) is 15.9 Å². The number of methoxy groups -OCH3 is 1. The van der Waals surface area contributed by atoms with Gasteiger partial charge in [0.05, 0.1) is 31.8 Å². The van der Waals surface area contributed by atoms with E-state index in [0.29, 0.717) is 42.6 Å². The summed E-state index contributed by atoms with van der Waals surface area (Å²) < 4.78 is 7.68. The Bertz CT molecular complexity index is 1550. The van der Waals surface area contributed by atoms with Crippen molar-refractivity contribution in [1.82, 2.24) is 30.7 Å². The molecule has 2 saturated carbocycles. The van der Waals surface area contributed by atoms with Crippen molar-refractivity contribution in [3.05, 3.63) is 70.8 Å². The normalized spacial score (nSPS) is 18.9. The second-order valence-electron chi connectivity index (χ2n) is 11.2. The number of amides is 3. The van der Waals surface area contributed by atoms with Crippen molar-refractivity contribution in [3.63, 3.8) is 0 Å². The highest BCUT2D eigenvalue weighted by Crippen LogP contribution is 2.48. The van der Waals surface area contributed by atoms with E-state index in [1.165, 1.54) is 0 Å². The van der Waals surface area contributed by atoms with Crippen LogP contribution in [0.2, 0.25) is 0 Å². The molecule has 1 aromatic heterocycles. The van der Waals surface area contributed by atoms with Crippen LogP contribution in [-0.2, 0) is 21.7 Å². The summed E-state index contributed by atoms with van der Waals surface area (Å²) in [6.45, 7) is 8.72. The van der Waals surface area contributed by atoms with Crippen molar-refractivity contribution < 1.29 is 19.1 Å². The van der Waals surface area contributed by atoms with Crippen molar-refractivity contribution in [3.8, 4) is 5.75 Å². The molecule has 0 radical (unpaired) electrons. The summed E-state index contributed by atoms with van der Waals surface area (Å²) in [5.41, 5.74) is 2.36. The number of hydrogen-bond acceptors (Lipinski definition) is 6. The molecule has 2 heterocycles. The molecule has 212 valence electrons. The first kappa shape index (κ1) is 26.6. The number of benzene rings is 2. The average molecular weight is 556 g/mol. The standard InChI is InChI=1S/C30H33N7O4/c1-31-36-12-9-19(17-36)15-32-28(39)29(40)33-16-20-5-3-4-6-24(20)27(38)34-30(10-11-30)22-13-21-18-37(23-7-8-23)35-26(21)25(14-22)41-2/h3-6,13-14,18-19,23H,7-12,15-17H2,2H3,(H,32,39)(H,33,40)(H,34,38)/t19-/m0/s1. The van der Waals surface area contributed by atoms with Gasteiger partial charge in [0.25, 0.3) is 5.91 Å². The number of aromatic nitrogens is 2. The van der Waals surface area contributed by atoms with Crippen molar-refractivity contribution >= 4 is 28.6 Å². The molecule has 3 amide bonds. The monoisotopic (exact) mass is 555 g/mol. The van der Waals surface area contributed by atoms with Crippen LogP contribution in [0.3, 0.4) is 0 Å². The van der Waals surface area contributed by atoms with E-state index in [-0.39, 0.29) is 18.4 Å². The molecule has 0 unspecified atom stereocenters. The Labute approximate surface area is 238 Å². The second kappa shape index (κ2) is 10.8. The molecule has 11 nitrogen and oxygen atoms in total. The van der Waals surface area contributed by atoms with E-state index in [2.05, 4.69) is 33.2 Å². The number of fused-ring (bicyclic) bond motifs is 1. The van der Waals surface area contributed by atoms with Gasteiger partial charge in [0, 0.05) is 36.2 Å². The van der Waals surface area contributed by atoms with Gasteiger partial charge in [-0.2, -0.15) is 16.6 Å². The Morgan fingerprint density at radius 3 is 2.61 bits per heavy atom. The fourth-order valence-electron chi connectivity index (χ4n) is 5.51. The lowest BCUT2D eigenvalue weighted by Gasteiger charge is -2.20. The highest BCUT2D eigenvalue weighted by molar-refractivity contribution is 6.35. The first-order valence-electron chi connectivity index (χ1n) is 14.1. The summed E-state index contributed by atoms with van der Waals surface area (Å²) in [6.07, 6.45) is 6.74. The van der Waals surface area contributed by atoms with Gasteiger partial charge in [-0.1, -0.05) is 18.2 Å². The van der Waals surface area contributed by atoms with Crippen LogP contribution in [0.5, 0.6) is 5.75 Å². The lowest BCUT2D eigenvalue weighted by molar-refractivity contribution is -0.139. The molecule has 3 aliphatic rings. The van der Waals surface area contributed by atoms with Crippen LogP contribution in [-0.4, -0.2) is 59.3 Å². The van der Waals surface area contributed by atoms with E-state index in [1.807, 2.05) is 10.7 Å². The highest BCUT2D eigenvalue weighted by Gasteiger charge is 2.46. The molecule has 0 spiro atoms. The van der Waals surface area contributed by atoms with Crippen LogP contribution in [0.15, 0.2) is 42.6 Å². The number of carbonyl (C=O) groups excluding carboxylic acids is 3. The summed E-state index contributed by atoms with van der Waals surface area (Å²) in [5, 5.41) is 15.9. The second-order valence-corrected chi connectivity index (χ2v) is 11.2. The van der Waals surface area contributed by atoms with Gasteiger partial charge in [0.2, 0.25) is 0 Å². The number of rotatable bonds is 9. The molecule has 41 heavy (non-hydrogen) atoms. The van der Waals surface area contributed by atoms with Gasteiger partial charge < -0.3 is 20.7 Å². The Morgan fingerprint density at radius 2 is 1.90 bits per heavy atom. The number of nitrogens with zero attached hydrogens (tertiary/aromatic N) is 4. The third kappa shape index (κ3) is 5.55. The van der Waals surface area contributed by atoms with Crippen LogP contribution >= 0.6 is 0 Å². The van der Waals surface area contributed by atoms with Gasteiger partial charge >= 0.3 is 11.8 Å².